The second kappa shape index (κ2) is 14.7. The molecule has 0 saturated carbocycles. The van der Waals surface area contributed by atoms with Crippen LogP contribution in [0.2, 0.25) is 0 Å². The van der Waals surface area contributed by atoms with E-state index in [9.17, 15) is 0 Å². The molecule has 0 aliphatic rings. The summed E-state index contributed by atoms with van der Waals surface area (Å²) in [6.07, 6.45) is 2.11. The maximum absolute atomic E-state index is 6.37. The minimum atomic E-state index is -3.31. The van der Waals surface area contributed by atoms with Crippen molar-refractivity contribution in [2.24, 2.45) is 0 Å². The SMILES string of the molecule is CCO[Si](OCC)(OCC)/C(=C\c1ccccc1)c1ccccc1[Si](OCC)(OCC)OCC. The van der Waals surface area contributed by atoms with Crippen LogP contribution in [-0.4, -0.2) is 57.3 Å². The van der Waals surface area contributed by atoms with Gasteiger partial charge in [-0.1, -0.05) is 54.6 Å². The lowest BCUT2D eigenvalue weighted by Crippen LogP contribution is -2.59. The van der Waals surface area contributed by atoms with E-state index in [0.29, 0.717) is 39.6 Å². The Morgan fingerprint density at radius 3 is 1.50 bits per heavy atom. The third-order valence-corrected chi connectivity index (χ3v) is 11.2. The first-order valence-electron chi connectivity index (χ1n) is 12.3. The largest absolute Gasteiger partial charge is 0.537 e. The number of benzene rings is 2. The van der Waals surface area contributed by atoms with Crippen LogP contribution in [0, 0.1) is 0 Å². The molecule has 6 nitrogen and oxygen atoms in total. The van der Waals surface area contributed by atoms with E-state index in [0.717, 1.165) is 21.5 Å². The van der Waals surface area contributed by atoms with Crippen molar-refractivity contribution in [2.75, 3.05) is 39.6 Å². The highest BCUT2D eigenvalue weighted by Gasteiger charge is 2.51. The predicted molar refractivity (Wildman–Crippen MR) is 142 cm³/mol. The zero-order valence-corrected chi connectivity index (χ0v) is 23.5. The van der Waals surface area contributed by atoms with Gasteiger partial charge in [0.25, 0.3) is 0 Å². The number of hydrogen-bond acceptors (Lipinski definition) is 6. The van der Waals surface area contributed by atoms with Crippen LogP contribution in [0.15, 0.2) is 54.6 Å². The maximum atomic E-state index is 6.37. The third-order valence-electron chi connectivity index (χ3n) is 4.99. The Hall–Kier alpha value is -1.63. The Balaban J connectivity index is 2.89. The van der Waals surface area contributed by atoms with E-state index < -0.39 is 17.6 Å². The van der Waals surface area contributed by atoms with Gasteiger partial charge >= 0.3 is 17.6 Å². The van der Waals surface area contributed by atoms with Gasteiger partial charge in [0.2, 0.25) is 0 Å². The third kappa shape index (κ3) is 6.96. The summed E-state index contributed by atoms with van der Waals surface area (Å²) < 4.78 is 38.0. The van der Waals surface area contributed by atoms with Gasteiger partial charge < -0.3 is 26.6 Å². The Bertz CT molecular complexity index is 841. The molecule has 0 aliphatic carbocycles. The molecule has 0 aromatic heterocycles. The Kier molecular flexibility index (Phi) is 12.4. The second-order valence-electron chi connectivity index (χ2n) is 7.22. The molecule has 0 aliphatic heterocycles. The molecule has 0 radical (unpaired) electrons. The smallest absolute Gasteiger partial charge is 0.370 e. The van der Waals surface area contributed by atoms with Crippen molar-refractivity contribution >= 4 is 34.1 Å². The highest BCUT2D eigenvalue weighted by Crippen LogP contribution is 2.32. The van der Waals surface area contributed by atoms with E-state index in [1.165, 1.54) is 0 Å². The molecule has 0 saturated heterocycles. The molecule has 2 aromatic rings. The van der Waals surface area contributed by atoms with Crippen LogP contribution >= 0.6 is 0 Å². The zero-order chi connectivity index (χ0) is 24.9. The summed E-state index contributed by atoms with van der Waals surface area (Å²) >= 11 is 0. The lowest BCUT2D eigenvalue weighted by Gasteiger charge is -2.34. The van der Waals surface area contributed by atoms with Crippen LogP contribution in [0.25, 0.3) is 11.3 Å². The van der Waals surface area contributed by atoms with Crippen LogP contribution in [0.5, 0.6) is 0 Å². The first-order valence-corrected chi connectivity index (χ1v) is 15.7. The minimum absolute atomic E-state index is 0.464. The summed E-state index contributed by atoms with van der Waals surface area (Å²) in [5.41, 5.74) is 1.94. The summed E-state index contributed by atoms with van der Waals surface area (Å²) in [5.74, 6) is 0. The lowest BCUT2D eigenvalue weighted by atomic mass is 10.1. The lowest BCUT2D eigenvalue weighted by molar-refractivity contribution is 0.0856. The van der Waals surface area contributed by atoms with Gasteiger partial charge in [-0.05, 0) is 58.7 Å². The Morgan fingerprint density at radius 1 is 0.588 bits per heavy atom. The van der Waals surface area contributed by atoms with Crippen molar-refractivity contribution in [1.82, 2.24) is 0 Å². The molecular formula is C26H40O6Si2. The van der Waals surface area contributed by atoms with Crippen molar-refractivity contribution in [1.29, 1.82) is 0 Å². The van der Waals surface area contributed by atoms with Gasteiger partial charge in [0.1, 0.15) is 0 Å². The maximum Gasteiger partial charge on any atom is 0.537 e. The van der Waals surface area contributed by atoms with E-state index in [2.05, 4.69) is 24.3 Å². The van der Waals surface area contributed by atoms with Crippen molar-refractivity contribution in [3.8, 4) is 0 Å². The first-order chi connectivity index (χ1) is 16.6. The van der Waals surface area contributed by atoms with Gasteiger partial charge in [-0.25, -0.2) is 0 Å². The minimum Gasteiger partial charge on any atom is -0.370 e. The van der Waals surface area contributed by atoms with Gasteiger partial charge in [-0.3, -0.25) is 0 Å². The summed E-state index contributed by atoms with van der Waals surface area (Å²) in [5, 5.41) is 1.76. The summed E-state index contributed by atoms with van der Waals surface area (Å²) in [6.45, 7) is 14.6. The van der Waals surface area contributed by atoms with Gasteiger partial charge in [-0.15, -0.1) is 0 Å². The fourth-order valence-electron chi connectivity index (χ4n) is 3.89. The molecule has 0 amide bonds. The Morgan fingerprint density at radius 2 is 1.03 bits per heavy atom. The normalized spacial score (nSPS) is 12.8. The van der Waals surface area contributed by atoms with Crippen molar-refractivity contribution < 1.29 is 26.6 Å². The van der Waals surface area contributed by atoms with Gasteiger partial charge in [0.05, 0.1) is 0 Å². The fourth-order valence-corrected chi connectivity index (χ4v) is 9.47. The fraction of sp³-hybridized carbons (Fsp3) is 0.462. The average Bonchev–Trinajstić information content (AvgIpc) is 2.84. The molecule has 0 atom stereocenters. The number of rotatable bonds is 16. The average molecular weight is 505 g/mol. The molecule has 188 valence electrons. The highest BCUT2D eigenvalue weighted by atomic mass is 28.4. The van der Waals surface area contributed by atoms with Crippen molar-refractivity contribution in [3.63, 3.8) is 0 Å². The van der Waals surface area contributed by atoms with Gasteiger partial charge in [0, 0.05) is 50.0 Å². The molecular weight excluding hydrogens is 464 g/mol. The van der Waals surface area contributed by atoms with E-state index in [-0.39, 0.29) is 0 Å². The second-order valence-corrected chi connectivity index (χ2v) is 12.3. The van der Waals surface area contributed by atoms with Crippen molar-refractivity contribution in [2.45, 2.75) is 41.5 Å². The summed E-state index contributed by atoms with van der Waals surface area (Å²) in [6, 6.07) is 18.2. The predicted octanol–water partition coefficient (Wildman–Crippen LogP) is 5.07. The van der Waals surface area contributed by atoms with Crippen LogP contribution in [0.1, 0.15) is 52.7 Å². The molecule has 0 heterocycles. The molecule has 0 spiro atoms. The van der Waals surface area contributed by atoms with E-state index in [4.69, 9.17) is 26.6 Å². The Labute approximate surface area is 207 Å². The zero-order valence-electron chi connectivity index (χ0n) is 21.5. The molecule has 0 fully saturated rings. The van der Waals surface area contributed by atoms with Crippen LogP contribution < -0.4 is 5.19 Å². The van der Waals surface area contributed by atoms with Crippen LogP contribution in [0.3, 0.4) is 0 Å². The molecule has 0 unspecified atom stereocenters. The van der Waals surface area contributed by atoms with E-state index in [1.54, 1.807) is 0 Å². The molecule has 2 rings (SSSR count). The van der Waals surface area contributed by atoms with Crippen molar-refractivity contribution in [3.05, 3.63) is 65.7 Å². The number of hydrogen-bond donors (Lipinski definition) is 0. The summed E-state index contributed by atoms with van der Waals surface area (Å²) in [4.78, 5) is 0. The van der Waals surface area contributed by atoms with E-state index in [1.807, 2.05) is 77.9 Å². The van der Waals surface area contributed by atoms with Crippen LogP contribution in [0.4, 0.5) is 0 Å². The molecule has 8 heteroatoms. The van der Waals surface area contributed by atoms with E-state index >= 15 is 0 Å². The molecule has 0 bridgehead atoms. The molecule has 34 heavy (non-hydrogen) atoms. The standard InChI is InChI=1S/C26H40O6Si2/c1-7-27-33(28-8-2,29-9-3)25-21-17-16-20-24(25)26(22-23-18-14-13-15-19-23)34(30-10-4,31-11-5)32-12-6/h13-22H,7-12H2,1-6H3/b26-22-. The van der Waals surface area contributed by atoms with Gasteiger partial charge in [-0.2, -0.15) is 0 Å². The topological polar surface area (TPSA) is 55.4 Å². The highest BCUT2D eigenvalue weighted by molar-refractivity contribution is 6.85. The first kappa shape index (κ1) is 28.6. The monoisotopic (exact) mass is 504 g/mol. The molecule has 2 aromatic carbocycles. The quantitative estimate of drug-likeness (QED) is 0.235. The molecule has 0 N–H and O–H groups in total. The van der Waals surface area contributed by atoms with Gasteiger partial charge in [0.15, 0.2) is 0 Å². The summed E-state index contributed by atoms with van der Waals surface area (Å²) in [7, 11) is -6.54. The van der Waals surface area contributed by atoms with Crippen LogP contribution in [-0.2, 0) is 26.6 Å².